The molecule has 7 heteroatoms. The number of hydrogen-bond donors (Lipinski definition) is 3. The van der Waals surface area contributed by atoms with Crippen molar-refractivity contribution in [2.75, 3.05) is 5.48 Å². The summed E-state index contributed by atoms with van der Waals surface area (Å²) in [5.74, 6) is 0.430. The van der Waals surface area contributed by atoms with Crippen molar-refractivity contribution in [3.8, 4) is 11.5 Å². The molecule has 136 valence electrons. The van der Waals surface area contributed by atoms with Crippen molar-refractivity contribution in [3.63, 3.8) is 0 Å². The Morgan fingerprint density at radius 3 is 2.63 bits per heavy atom. The number of aryl methyl sites for hydroxylation is 1. The van der Waals surface area contributed by atoms with E-state index < -0.39 is 0 Å². The Bertz CT molecular complexity index is 1130. The van der Waals surface area contributed by atoms with Gasteiger partial charge in [-0.05, 0) is 59.7 Å². The molecule has 6 nitrogen and oxygen atoms in total. The topological polar surface area (TPSA) is 83.8 Å². The summed E-state index contributed by atoms with van der Waals surface area (Å²) >= 11 is 1.05. The van der Waals surface area contributed by atoms with Gasteiger partial charge in [0.05, 0.1) is 17.7 Å². The van der Waals surface area contributed by atoms with E-state index in [9.17, 15) is 10.2 Å². The van der Waals surface area contributed by atoms with E-state index in [2.05, 4.69) is 10.5 Å². The standard InChI is InChI=1S/C20H16N2O4S/c1-12-16-10-14(4-2-13(16)3-6-19(12)23)27-26-25-22-18-5-7-20(24)15-8-9-21-11-17(15)18/h2-11,22-24H,1H3. The fourth-order valence-corrected chi connectivity index (χ4v) is 3.31. The van der Waals surface area contributed by atoms with E-state index >= 15 is 0 Å². The lowest BCUT2D eigenvalue weighted by molar-refractivity contribution is -0.160. The lowest BCUT2D eigenvalue weighted by Gasteiger charge is -2.09. The summed E-state index contributed by atoms with van der Waals surface area (Å²) in [5, 5.41) is 23.1. The number of benzene rings is 3. The molecular formula is C20H16N2O4S. The molecule has 27 heavy (non-hydrogen) atoms. The SMILES string of the molecule is Cc1c(O)ccc2ccc(SOONc3ccc(O)c4ccncc34)cc12. The number of nitrogens with zero attached hydrogens (tertiary/aromatic N) is 1. The Morgan fingerprint density at radius 2 is 1.74 bits per heavy atom. The highest BCUT2D eigenvalue weighted by Gasteiger charge is 2.07. The minimum absolute atomic E-state index is 0.169. The van der Waals surface area contributed by atoms with Crippen LogP contribution in [0.25, 0.3) is 21.5 Å². The van der Waals surface area contributed by atoms with Gasteiger partial charge >= 0.3 is 0 Å². The molecule has 0 aliphatic heterocycles. The van der Waals surface area contributed by atoms with Crippen LogP contribution in [0.1, 0.15) is 5.56 Å². The summed E-state index contributed by atoms with van der Waals surface area (Å²) < 4.78 is 5.18. The van der Waals surface area contributed by atoms with Crippen LogP contribution in [0, 0.1) is 6.92 Å². The van der Waals surface area contributed by atoms with E-state index in [0.717, 1.165) is 33.3 Å². The number of phenols is 2. The van der Waals surface area contributed by atoms with Gasteiger partial charge in [-0.15, -0.1) is 9.32 Å². The molecule has 0 bridgehead atoms. The van der Waals surface area contributed by atoms with Crippen molar-refractivity contribution in [1.82, 2.24) is 4.98 Å². The maximum absolute atomic E-state index is 9.89. The van der Waals surface area contributed by atoms with E-state index in [-0.39, 0.29) is 11.5 Å². The van der Waals surface area contributed by atoms with Crippen LogP contribution in [0.3, 0.4) is 0 Å². The average Bonchev–Trinajstić information content (AvgIpc) is 2.70. The van der Waals surface area contributed by atoms with E-state index in [1.54, 1.807) is 36.7 Å². The van der Waals surface area contributed by atoms with Crippen molar-refractivity contribution in [2.24, 2.45) is 0 Å². The van der Waals surface area contributed by atoms with Crippen LogP contribution in [-0.4, -0.2) is 15.2 Å². The second-order valence-corrected chi connectivity index (χ2v) is 6.76. The van der Waals surface area contributed by atoms with Crippen LogP contribution >= 0.6 is 12.0 Å². The Morgan fingerprint density at radius 1 is 0.926 bits per heavy atom. The molecule has 0 amide bonds. The maximum atomic E-state index is 9.89. The Hall–Kier alpha value is -3.00. The number of fused-ring (bicyclic) bond motifs is 2. The number of phenolic OH excluding ortho intramolecular Hbond substituents is 2. The molecular weight excluding hydrogens is 364 g/mol. The van der Waals surface area contributed by atoms with Crippen molar-refractivity contribution < 1.29 is 19.5 Å². The third-order valence-electron chi connectivity index (χ3n) is 4.34. The summed E-state index contributed by atoms with van der Waals surface area (Å²) in [5.41, 5.74) is 4.15. The van der Waals surface area contributed by atoms with Crippen LogP contribution in [-0.2, 0) is 9.32 Å². The predicted molar refractivity (Wildman–Crippen MR) is 105 cm³/mol. The normalized spacial score (nSPS) is 11.1. The fraction of sp³-hybridized carbons (Fsp3) is 0.0500. The van der Waals surface area contributed by atoms with Crippen molar-refractivity contribution in [2.45, 2.75) is 11.8 Å². The van der Waals surface area contributed by atoms with Crippen LogP contribution in [0.2, 0.25) is 0 Å². The van der Waals surface area contributed by atoms with Gasteiger partial charge in [-0.2, -0.15) is 0 Å². The van der Waals surface area contributed by atoms with Gasteiger partial charge in [0.2, 0.25) is 0 Å². The van der Waals surface area contributed by atoms with E-state index in [1.165, 1.54) is 0 Å². The van der Waals surface area contributed by atoms with Gasteiger partial charge in [-0.3, -0.25) is 4.98 Å². The quantitative estimate of drug-likeness (QED) is 0.146. The first-order valence-electron chi connectivity index (χ1n) is 8.18. The Labute approximate surface area is 159 Å². The molecule has 3 aromatic carbocycles. The summed E-state index contributed by atoms with van der Waals surface area (Å²) in [6, 6.07) is 14.3. The molecule has 0 saturated carbocycles. The second kappa shape index (κ2) is 7.32. The largest absolute Gasteiger partial charge is 0.508 e. The predicted octanol–water partition coefficient (Wildman–Crippen LogP) is 5.09. The summed E-state index contributed by atoms with van der Waals surface area (Å²) in [4.78, 5) is 9.98. The zero-order chi connectivity index (χ0) is 18.8. The van der Waals surface area contributed by atoms with E-state index in [1.807, 2.05) is 31.2 Å². The van der Waals surface area contributed by atoms with Crippen LogP contribution < -0.4 is 5.48 Å². The minimum atomic E-state index is 0.169. The molecule has 4 rings (SSSR count). The summed E-state index contributed by atoms with van der Waals surface area (Å²) in [6.07, 6.45) is 3.24. The average molecular weight is 380 g/mol. The molecule has 0 fully saturated rings. The Balaban J connectivity index is 1.44. The molecule has 0 radical (unpaired) electrons. The zero-order valence-electron chi connectivity index (χ0n) is 14.3. The number of nitrogens with one attached hydrogen (secondary N) is 1. The molecule has 0 aliphatic carbocycles. The molecule has 3 N–H and O–H groups in total. The number of pyridine rings is 1. The highest BCUT2D eigenvalue weighted by molar-refractivity contribution is 7.94. The number of anilines is 1. The van der Waals surface area contributed by atoms with E-state index in [4.69, 9.17) is 9.32 Å². The lowest BCUT2D eigenvalue weighted by Crippen LogP contribution is -1.99. The number of hydrogen-bond acceptors (Lipinski definition) is 7. The van der Waals surface area contributed by atoms with Gasteiger partial charge in [0.15, 0.2) is 0 Å². The lowest BCUT2D eigenvalue weighted by atomic mass is 10.1. The third kappa shape index (κ3) is 3.48. The first-order valence-corrected chi connectivity index (χ1v) is 8.92. The summed E-state index contributed by atoms with van der Waals surface area (Å²) in [6.45, 7) is 1.87. The molecule has 0 unspecified atom stereocenters. The van der Waals surface area contributed by atoms with Crippen molar-refractivity contribution in [3.05, 3.63) is 66.5 Å². The smallest absolute Gasteiger partial charge is 0.123 e. The highest BCUT2D eigenvalue weighted by atomic mass is 32.2. The molecule has 0 spiro atoms. The van der Waals surface area contributed by atoms with Gasteiger partial charge in [0.1, 0.15) is 11.5 Å². The van der Waals surface area contributed by atoms with Crippen LogP contribution in [0.5, 0.6) is 11.5 Å². The van der Waals surface area contributed by atoms with Gasteiger partial charge < -0.3 is 10.2 Å². The van der Waals surface area contributed by atoms with Crippen molar-refractivity contribution in [1.29, 1.82) is 0 Å². The van der Waals surface area contributed by atoms with Gasteiger partial charge in [0, 0.05) is 28.1 Å². The van der Waals surface area contributed by atoms with Crippen LogP contribution in [0.15, 0.2) is 65.8 Å². The zero-order valence-corrected chi connectivity index (χ0v) is 15.2. The van der Waals surface area contributed by atoms with Crippen LogP contribution in [0.4, 0.5) is 5.69 Å². The number of aromatic nitrogens is 1. The van der Waals surface area contributed by atoms with E-state index in [0.29, 0.717) is 16.5 Å². The molecule has 0 aliphatic rings. The van der Waals surface area contributed by atoms with Gasteiger partial charge in [-0.1, -0.05) is 12.1 Å². The molecule has 4 aromatic rings. The number of rotatable bonds is 5. The third-order valence-corrected chi connectivity index (χ3v) is 4.93. The minimum Gasteiger partial charge on any atom is -0.508 e. The fourth-order valence-electron chi connectivity index (χ4n) is 2.87. The molecule has 0 saturated heterocycles. The van der Waals surface area contributed by atoms with Crippen molar-refractivity contribution >= 4 is 39.3 Å². The number of aromatic hydroxyl groups is 2. The van der Waals surface area contributed by atoms with Gasteiger partial charge in [-0.25, -0.2) is 5.48 Å². The first kappa shape index (κ1) is 17.4. The van der Waals surface area contributed by atoms with Gasteiger partial charge in [0.25, 0.3) is 0 Å². The molecule has 1 heterocycles. The monoisotopic (exact) mass is 380 g/mol. The summed E-state index contributed by atoms with van der Waals surface area (Å²) in [7, 11) is 0. The molecule has 1 aromatic heterocycles. The second-order valence-electron chi connectivity index (χ2n) is 5.98. The highest BCUT2D eigenvalue weighted by Crippen LogP contribution is 2.32. The molecule has 0 atom stereocenters. The maximum Gasteiger partial charge on any atom is 0.123 e. The first-order chi connectivity index (χ1) is 13.1. The Kier molecular flexibility index (Phi) is 4.72.